The second-order valence-electron chi connectivity index (χ2n) is 4.37. The van der Waals surface area contributed by atoms with Crippen LogP contribution in [-0.4, -0.2) is 17.0 Å². The lowest BCUT2D eigenvalue weighted by atomic mass is 10.1. The summed E-state index contributed by atoms with van der Waals surface area (Å²) < 4.78 is 0. The maximum absolute atomic E-state index is 10.8. The quantitative estimate of drug-likeness (QED) is 0.581. The molecular weight excluding hydrogens is 290 g/mol. The summed E-state index contributed by atoms with van der Waals surface area (Å²) in [5, 5.41) is 14.1. The molecule has 2 aromatic rings. The third-order valence-corrected chi connectivity index (χ3v) is 4.69. The summed E-state index contributed by atoms with van der Waals surface area (Å²) in [6, 6.07) is 10.1. The predicted molar refractivity (Wildman–Crippen MR) is 86.1 cm³/mol. The van der Waals surface area contributed by atoms with Gasteiger partial charge in [0, 0.05) is 16.0 Å². The van der Waals surface area contributed by atoms with E-state index in [0.717, 1.165) is 29.3 Å². The van der Waals surface area contributed by atoms with Crippen LogP contribution in [0.2, 0.25) is 0 Å². The van der Waals surface area contributed by atoms with Gasteiger partial charge in [0.2, 0.25) is 0 Å². The molecule has 0 aliphatic rings. The van der Waals surface area contributed by atoms with Crippen molar-refractivity contribution in [2.24, 2.45) is 0 Å². The van der Waals surface area contributed by atoms with E-state index in [9.17, 15) is 4.79 Å². The van der Waals surface area contributed by atoms with Crippen molar-refractivity contribution in [3.05, 3.63) is 46.2 Å². The fourth-order valence-corrected chi connectivity index (χ4v) is 3.54. The number of benzene rings is 1. The van der Waals surface area contributed by atoms with Crippen molar-refractivity contribution in [1.82, 2.24) is 0 Å². The zero-order chi connectivity index (χ0) is 14.4. The third kappa shape index (κ3) is 4.28. The van der Waals surface area contributed by atoms with Crippen LogP contribution >= 0.6 is 23.1 Å². The molecule has 0 amide bonds. The molecule has 1 aromatic heterocycles. The number of aromatic carboxylic acids is 1. The molecule has 0 aliphatic heterocycles. The average Bonchev–Trinajstić information content (AvgIpc) is 2.89. The number of hydrogen-bond donors (Lipinski definition) is 2. The number of thioether (sulfide) groups is 1. The van der Waals surface area contributed by atoms with Crippen LogP contribution < -0.4 is 5.32 Å². The SMILES string of the molecule is CCCc1cccc(NCSc2csc(C(=O)O)c2)c1. The van der Waals surface area contributed by atoms with Gasteiger partial charge in [-0.3, -0.25) is 0 Å². The first-order chi connectivity index (χ1) is 9.69. The number of thiophene rings is 1. The fourth-order valence-electron chi connectivity index (χ4n) is 1.83. The molecule has 0 atom stereocenters. The Kier molecular flexibility index (Phi) is 5.49. The van der Waals surface area contributed by atoms with Crippen LogP contribution in [0.4, 0.5) is 5.69 Å². The van der Waals surface area contributed by atoms with E-state index in [1.54, 1.807) is 17.8 Å². The molecule has 2 rings (SSSR count). The van der Waals surface area contributed by atoms with Crippen molar-refractivity contribution >= 4 is 34.8 Å². The van der Waals surface area contributed by atoms with Crippen LogP contribution in [-0.2, 0) is 6.42 Å². The molecule has 0 aliphatic carbocycles. The Bertz CT molecular complexity index is 581. The highest BCUT2D eigenvalue weighted by Crippen LogP contribution is 2.25. The number of carboxylic acid groups (broad SMARTS) is 1. The first-order valence-electron chi connectivity index (χ1n) is 6.46. The van der Waals surface area contributed by atoms with Crippen LogP contribution in [0.15, 0.2) is 40.6 Å². The Labute approximate surface area is 127 Å². The van der Waals surface area contributed by atoms with Gasteiger partial charge in [-0.15, -0.1) is 23.1 Å². The molecule has 0 spiro atoms. The summed E-state index contributed by atoms with van der Waals surface area (Å²) in [4.78, 5) is 12.2. The van der Waals surface area contributed by atoms with Gasteiger partial charge < -0.3 is 10.4 Å². The molecule has 3 nitrogen and oxygen atoms in total. The minimum atomic E-state index is -0.859. The van der Waals surface area contributed by atoms with Crippen molar-refractivity contribution in [3.8, 4) is 0 Å². The van der Waals surface area contributed by atoms with Gasteiger partial charge >= 0.3 is 5.97 Å². The molecule has 106 valence electrons. The number of anilines is 1. The summed E-state index contributed by atoms with van der Waals surface area (Å²) in [5.41, 5.74) is 2.45. The highest BCUT2D eigenvalue weighted by Gasteiger charge is 2.06. The molecule has 20 heavy (non-hydrogen) atoms. The molecule has 1 heterocycles. The number of rotatable bonds is 7. The van der Waals surface area contributed by atoms with Crippen molar-refractivity contribution in [1.29, 1.82) is 0 Å². The van der Waals surface area contributed by atoms with E-state index >= 15 is 0 Å². The normalized spacial score (nSPS) is 10.4. The van der Waals surface area contributed by atoms with E-state index in [1.807, 2.05) is 5.38 Å². The van der Waals surface area contributed by atoms with Gasteiger partial charge in [-0.2, -0.15) is 0 Å². The van der Waals surface area contributed by atoms with Crippen LogP contribution in [0.1, 0.15) is 28.6 Å². The first-order valence-corrected chi connectivity index (χ1v) is 8.33. The molecular formula is C15H17NO2S2. The number of carbonyl (C=O) groups is 1. The zero-order valence-corrected chi connectivity index (χ0v) is 12.9. The highest BCUT2D eigenvalue weighted by molar-refractivity contribution is 7.99. The van der Waals surface area contributed by atoms with E-state index in [1.165, 1.54) is 16.9 Å². The molecule has 0 saturated heterocycles. The van der Waals surface area contributed by atoms with Crippen LogP contribution in [0, 0.1) is 0 Å². The molecule has 0 unspecified atom stereocenters. The lowest BCUT2D eigenvalue weighted by molar-refractivity contribution is 0.0702. The molecule has 0 saturated carbocycles. The second kappa shape index (κ2) is 7.36. The number of nitrogens with one attached hydrogen (secondary N) is 1. The van der Waals surface area contributed by atoms with Crippen molar-refractivity contribution in [3.63, 3.8) is 0 Å². The van der Waals surface area contributed by atoms with Gasteiger partial charge in [0.25, 0.3) is 0 Å². The summed E-state index contributed by atoms with van der Waals surface area (Å²) in [7, 11) is 0. The number of aryl methyl sites for hydroxylation is 1. The molecule has 5 heteroatoms. The summed E-state index contributed by atoms with van der Waals surface area (Å²) in [5.74, 6) is -0.132. The van der Waals surface area contributed by atoms with Gasteiger partial charge in [-0.05, 0) is 30.2 Å². The van der Waals surface area contributed by atoms with E-state index in [-0.39, 0.29) is 0 Å². The minimum absolute atomic E-state index is 0.387. The number of carboxylic acids is 1. The highest BCUT2D eigenvalue weighted by atomic mass is 32.2. The maximum Gasteiger partial charge on any atom is 0.345 e. The van der Waals surface area contributed by atoms with Crippen molar-refractivity contribution in [2.75, 3.05) is 11.2 Å². The lowest BCUT2D eigenvalue weighted by Gasteiger charge is -2.07. The third-order valence-electron chi connectivity index (χ3n) is 2.77. The van der Waals surface area contributed by atoms with Gasteiger partial charge in [-0.1, -0.05) is 25.5 Å². The van der Waals surface area contributed by atoms with E-state index in [0.29, 0.717) is 4.88 Å². The molecule has 2 N–H and O–H groups in total. The molecule has 1 aromatic carbocycles. The minimum Gasteiger partial charge on any atom is -0.477 e. The van der Waals surface area contributed by atoms with Gasteiger partial charge in [0.1, 0.15) is 4.88 Å². The number of hydrogen-bond acceptors (Lipinski definition) is 4. The van der Waals surface area contributed by atoms with Crippen LogP contribution in [0.25, 0.3) is 0 Å². The fraction of sp³-hybridized carbons (Fsp3) is 0.267. The first kappa shape index (κ1) is 14.9. The monoisotopic (exact) mass is 307 g/mol. The van der Waals surface area contributed by atoms with Gasteiger partial charge in [0.05, 0.1) is 5.88 Å². The second-order valence-corrected chi connectivity index (χ2v) is 6.33. The largest absolute Gasteiger partial charge is 0.477 e. The zero-order valence-electron chi connectivity index (χ0n) is 11.3. The van der Waals surface area contributed by atoms with E-state index < -0.39 is 5.97 Å². The van der Waals surface area contributed by atoms with Gasteiger partial charge in [-0.25, -0.2) is 4.79 Å². The van der Waals surface area contributed by atoms with Gasteiger partial charge in [0.15, 0.2) is 0 Å². The summed E-state index contributed by atoms with van der Waals surface area (Å²) in [6.07, 6.45) is 2.24. The van der Waals surface area contributed by atoms with Crippen molar-refractivity contribution in [2.45, 2.75) is 24.7 Å². The Balaban J connectivity index is 1.85. The standard InChI is InChI=1S/C15H17NO2S2/c1-2-4-11-5-3-6-12(7-11)16-10-20-13-8-14(15(17)18)19-9-13/h3,5-9,16H,2,4,10H2,1H3,(H,17,18). The van der Waals surface area contributed by atoms with E-state index in [2.05, 4.69) is 36.5 Å². The topological polar surface area (TPSA) is 49.3 Å². The maximum atomic E-state index is 10.8. The Morgan fingerprint density at radius 2 is 2.25 bits per heavy atom. The molecule has 0 radical (unpaired) electrons. The van der Waals surface area contributed by atoms with Crippen LogP contribution in [0.5, 0.6) is 0 Å². The van der Waals surface area contributed by atoms with Crippen molar-refractivity contribution < 1.29 is 9.90 Å². The molecule has 0 bridgehead atoms. The summed E-state index contributed by atoms with van der Waals surface area (Å²) in [6.45, 7) is 2.17. The summed E-state index contributed by atoms with van der Waals surface area (Å²) >= 11 is 2.87. The smallest absolute Gasteiger partial charge is 0.345 e. The Morgan fingerprint density at radius 3 is 2.95 bits per heavy atom. The van der Waals surface area contributed by atoms with Crippen LogP contribution in [0.3, 0.4) is 0 Å². The Morgan fingerprint density at radius 1 is 1.40 bits per heavy atom. The Hall–Kier alpha value is -1.46. The molecule has 0 fully saturated rings. The van der Waals surface area contributed by atoms with E-state index in [4.69, 9.17) is 5.11 Å². The predicted octanol–water partition coefficient (Wildman–Crippen LogP) is 4.56. The lowest BCUT2D eigenvalue weighted by Crippen LogP contribution is -1.97. The average molecular weight is 307 g/mol.